The van der Waals surface area contributed by atoms with Gasteiger partial charge >= 0.3 is 18.3 Å². The van der Waals surface area contributed by atoms with E-state index in [2.05, 4.69) is 19.9 Å². The molecule has 0 amide bonds. The molecule has 1 saturated carbocycles. The van der Waals surface area contributed by atoms with Gasteiger partial charge in [-0.15, -0.1) is 0 Å². The fourth-order valence-corrected chi connectivity index (χ4v) is 7.24. The van der Waals surface area contributed by atoms with Gasteiger partial charge in [-0.2, -0.15) is 26.3 Å². The normalized spacial score (nSPS) is 17.2. The number of imidazole rings is 1. The van der Waals surface area contributed by atoms with Crippen LogP contribution in [0.3, 0.4) is 0 Å². The lowest BCUT2D eigenvalue weighted by molar-refractivity contribution is -0.144. The third-order valence-corrected chi connectivity index (χ3v) is 9.77. The minimum absolute atomic E-state index is 0.0728. The summed E-state index contributed by atoms with van der Waals surface area (Å²) < 4.78 is 88.3. The Bertz CT molecular complexity index is 1780. The molecule has 2 aromatic carbocycles. The molecular formula is C35H37F6N5O3. The predicted molar refractivity (Wildman–Crippen MR) is 173 cm³/mol. The average Bonchev–Trinajstić information content (AvgIpc) is 3.71. The van der Waals surface area contributed by atoms with Crippen molar-refractivity contribution in [2.75, 3.05) is 50.2 Å². The molecule has 0 atom stereocenters. The minimum atomic E-state index is -5.01. The highest BCUT2D eigenvalue weighted by atomic mass is 19.4. The fourth-order valence-electron chi connectivity index (χ4n) is 7.24. The number of ether oxygens (including phenoxy) is 1. The van der Waals surface area contributed by atoms with E-state index in [-0.39, 0.29) is 34.3 Å². The number of fused-ring (bicyclic) bond motifs is 1. The number of anilines is 2. The summed E-state index contributed by atoms with van der Waals surface area (Å²) in [6.07, 6.45) is -5.02. The van der Waals surface area contributed by atoms with Gasteiger partial charge in [0.05, 0.1) is 35.0 Å². The number of halogens is 6. The number of nitrogens with one attached hydrogen (secondary N) is 1. The summed E-state index contributed by atoms with van der Waals surface area (Å²) >= 11 is 0. The number of aromatic nitrogens is 3. The lowest BCUT2D eigenvalue weighted by Crippen LogP contribution is -2.37. The number of hydrogen-bond donors (Lipinski definition) is 2. The highest BCUT2D eigenvalue weighted by molar-refractivity contribution is 5.91. The van der Waals surface area contributed by atoms with Crippen molar-refractivity contribution in [1.29, 1.82) is 0 Å². The van der Waals surface area contributed by atoms with E-state index in [0.29, 0.717) is 73.8 Å². The number of alkyl halides is 6. The molecule has 1 aliphatic heterocycles. The Kier molecular flexibility index (Phi) is 9.29. The summed E-state index contributed by atoms with van der Waals surface area (Å²) in [5, 5.41) is 9.32. The van der Waals surface area contributed by atoms with Crippen LogP contribution >= 0.6 is 0 Å². The zero-order chi connectivity index (χ0) is 35.1. The maximum atomic E-state index is 13.8. The Balaban J connectivity index is 1.41. The van der Waals surface area contributed by atoms with E-state index in [0.717, 1.165) is 31.4 Å². The van der Waals surface area contributed by atoms with Crippen LogP contribution in [-0.2, 0) is 21.9 Å². The smallest absolute Gasteiger partial charge is 0.416 e. The molecule has 1 saturated heterocycles. The molecule has 0 bridgehead atoms. The molecule has 0 unspecified atom stereocenters. The van der Waals surface area contributed by atoms with E-state index in [1.54, 1.807) is 7.11 Å². The molecule has 2 aromatic heterocycles. The number of aliphatic carboxylic acids is 1. The number of carboxylic acids is 1. The van der Waals surface area contributed by atoms with Crippen molar-refractivity contribution >= 4 is 28.5 Å². The van der Waals surface area contributed by atoms with Gasteiger partial charge in [0.15, 0.2) is 5.65 Å². The van der Waals surface area contributed by atoms with Crippen LogP contribution in [-0.4, -0.2) is 66.4 Å². The van der Waals surface area contributed by atoms with Gasteiger partial charge in [-0.25, -0.2) is 9.97 Å². The number of hydrogen-bond acceptors (Lipinski definition) is 6. The summed E-state index contributed by atoms with van der Waals surface area (Å²) in [6.45, 7) is 2.27. The molecule has 2 N–H and O–H groups in total. The SMILES string of the molecule is COCC1(CN(C)c2cc(-c3cc(C(F)(F)F)cc(C(F)(F)F)c3)nc3nc(-c4ccc(N5CCC(C(=O)O)CC5)cc4)[nH]c23)CCCC1. The van der Waals surface area contributed by atoms with Crippen LogP contribution in [0, 0.1) is 11.3 Å². The number of methoxy groups -OCH3 is 1. The Hall–Kier alpha value is -4.33. The second-order valence-electron chi connectivity index (χ2n) is 13.2. The van der Waals surface area contributed by atoms with E-state index in [4.69, 9.17) is 4.74 Å². The van der Waals surface area contributed by atoms with Crippen LogP contribution in [0.15, 0.2) is 48.5 Å². The molecule has 0 radical (unpaired) electrons. The van der Waals surface area contributed by atoms with Crippen LogP contribution < -0.4 is 9.80 Å². The number of carbonyl (C=O) groups is 1. The largest absolute Gasteiger partial charge is 0.481 e. The molecule has 8 nitrogen and oxygen atoms in total. The number of H-pyrrole nitrogens is 1. The summed E-state index contributed by atoms with van der Waals surface area (Å²) in [7, 11) is 3.48. The molecule has 3 heterocycles. The van der Waals surface area contributed by atoms with Crippen molar-refractivity contribution in [3.63, 3.8) is 0 Å². The Morgan fingerprint density at radius 3 is 2.12 bits per heavy atom. The van der Waals surface area contributed by atoms with Crippen molar-refractivity contribution in [3.05, 3.63) is 59.7 Å². The van der Waals surface area contributed by atoms with Crippen LogP contribution in [0.2, 0.25) is 0 Å². The molecule has 2 aliphatic rings. The first kappa shape index (κ1) is 34.5. The third-order valence-electron chi connectivity index (χ3n) is 9.77. The van der Waals surface area contributed by atoms with E-state index >= 15 is 0 Å². The lowest BCUT2D eigenvalue weighted by Gasteiger charge is -2.34. The standard InChI is InChI=1S/C35H37F6N5O3/c1-45(19-33(20-49-2)11-3-4-12-33)28-18-27(23-15-24(34(36,37)38)17-25(16-23)35(39,40)41)42-31-29(28)43-30(44-31)21-5-7-26(8-6-21)46-13-9-22(10-14-46)32(47)48/h5-8,15-18,22H,3-4,9-14,19-20H2,1-2H3,(H,47,48)(H,42,43,44). The Morgan fingerprint density at radius 1 is 0.959 bits per heavy atom. The van der Waals surface area contributed by atoms with Gasteiger partial charge in [0.25, 0.3) is 0 Å². The number of nitrogens with zero attached hydrogens (tertiary/aromatic N) is 4. The lowest BCUT2D eigenvalue weighted by atomic mass is 9.86. The zero-order valence-electron chi connectivity index (χ0n) is 27.1. The molecular weight excluding hydrogens is 652 g/mol. The summed E-state index contributed by atoms with van der Waals surface area (Å²) in [4.78, 5) is 27.9. The van der Waals surface area contributed by atoms with Crippen LogP contribution in [0.5, 0.6) is 0 Å². The van der Waals surface area contributed by atoms with Gasteiger partial charge in [-0.1, -0.05) is 12.8 Å². The average molecular weight is 690 g/mol. The first-order valence-corrected chi connectivity index (χ1v) is 16.1. The summed E-state index contributed by atoms with van der Waals surface area (Å²) in [5.74, 6) is -0.713. The summed E-state index contributed by atoms with van der Waals surface area (Å²) in [6, 6.07) is 10.5. The fraction of sp³-hybridized carbons (Fsp3) is 0.457. The third kappa shape index (κ3) is 7.34. The quantitative estimate of drug-likeness (QED) is 0.171. The van der Waals surface area contributed by atoms with E-state index in [1.165, 1.54) is 6.07 Å². The van der Waals surface area contributed by atoms with E-state index < -0.39 is 29.4 Å². The van der Waals surface area contributed by atoms with E-state index in [9.17, 15) is 36.2 Å². The maximum Gasteiger partial charge on any atom is 0.416 e. The second kappa shape index (κ2) is 13.2. The Labute approximate surface area is 279 Å². The van der Waals surface area contributed by atoms with Crippen molar-refractivity contribution in [1.82, 2.24) is 15.0 Å². The minimum Gasteiger partial charge on any atom is -0.481 e. The van der Waals surface area contributed by atoms with Gasteiger partial charge in [0.1, 0.15) is 11.3 Å². The first-order chi connectivity index (χ1) is 23.2. The summed E-state index contributed by atoms with van der Waals surface area (Å²) in [5.41, 5.74) is -0.619. The monoisotopic (exact) mass is 689 g/mol. The highest BCUT2D eigenvalue weighted by Gasteiger charge is 2.38. The van der Waals surface area contributed by atoms with Crippen molar-refractivity contribution in [2.24, 2.45) is 11.3 Å². The second-order valence-corrected chi connectivity index (χ2v) is 13.2. The van der Waals surface area contributed by atoms with Gasteiger partial charge in [-0.3, -0.25) is 4.79 Å². The molecule has 0 spiro atoms. The number of aromatic amines is 1. The highest BCUT2D eigenvalue weighted by Crippen LogP contribution is 2.43. The molecule has 2 fully saturated rings. The van der Waals surface area contributed by atoms with Gasteiger partial charge in [0.2, 0.25) is 0 Å². The van der Waals surface area contributed by atoms with Crippen molar-refractivity contribution < 1.29 is 41.0 Å². The number of pyridine rings is 1. The van der Waals surface area contributed by atoms with Gasteiger partial charge in [-0.05, 0) is 74.2 Å². The van der Waals surface area contributed by atoms with Gasteiger partial charge < -0.3 is 24.6 Å². The molecule has 14 heteroatoms. The molecule has 6 rings (SSSR count). The first-order valence-electron chi connectivity index (χ1n) is 16.1. The maximum absolute atomic E-state index is 13.8. The number of piperidine rings is 1. The predicted octanol–water partition coefficient (Wildman–Crippen LogP) is 8.27. The van der Waals surface area contributed by atoms with Gasteiger partial charge in [0, 0.05) is 56.0 Å². The van der Waals surface area contributed by atoms with Crippen molar-refractivity contribution in [2.45, 2.75) is 50.9 Å². The zero-order valence-corrected chi connectivity index (χ0v) is 27.1. The molecule has 262 valence electrons. The van der Waals surface area contributed by atoms with Crippen molar-refractivity contribution in [3.8, 4) is 22.6 Å². The number of benzene rings is 2. The van der Waals surface area contributed by atoms with Crippen LogP contribution in [0.25, 0.3) is 33.8 Å². The van der Waals surface area contributed by atoms with Crippen LogP contribution in [0.4, 0.5) is 37.7 Å². The molecule has 4 aromatic rings. The number of carboxylic acid groups (broad SMARTS) is 1. The van der Waals surface area contributed by atoms with Crippen LogP contribution in [0.1, 0.15) is 49.7 Å². The Morgan fingerprint density at radius 2 is 1.57 bits per heavy atom. The number of rotatable bonds is 9. The molecule has 1 aliphatic carbocycles. The molecule has 49 heavy (non-hydrogen) atoms. The van der Waals surface area contributed by atoms with E-state index in [1.807, 2.05) is 36.2 Å². The topological polar surface area (TPSA) is 94.6 Å².